The molecule has 28 heavy (non-hydrogen) atoms. The van der Waals surface area contributed by atoms with Crippen molar-refractivity contribution in [3.8, 4) is 11.3 Å². The second-order valence-corrected chi connectivity index (χ2v) is 7.38. The van der Waals surface area contributed by atoms with E-state index < -0.39 is 0 Å². The molecule has 0 aliphatic rings. The number of aliphatic hydroxyl groups is 1. The summed E-state index contributed by atoms with van der Waals surface area (Å²) in [5, 5.41) is 16.9. The maximum Gasteiger partial charge on any atom is 0.225 e. The number of halogens is 1. The van der Waals surface area contributed by atoms with Crippen molar-refractivity contribution in [2.45, 2.75) is 26.8 Å². The Kier molecular flexibility index (Phi) is 6.44. The molecule has 3 rings (SSSR count). The van der Waals surface area contributed by atoms with E-state index >= 15 is 0 Å². The van der Waals surface area contributed by atoms with Crippen molar-refractivity contribution in [1.82, 2.24) is 15.0 Å². The molecule has 146 valence electrons. The Bertz CT molecular complexity index is 933. The van der Waals surface area contributed by atoms with Crippen molar-refractivity contribution in [3.63, 3.8) is 0 Å². The number of hydrogen-bond acceptors (Lipinski definition) is 6. The third kappa shape index (κ3) is 4.97. The molecular weight excluding hydrogens is 374 g/mol. The van der Waals surface area contributed by atoms with Crippen LogP contribution in [0.15, 0.2) is 48.8 Å². The predicted octanol–water partition coefficient (Wildman–Crippen LogP) is 4.67. The maximum absolute atomic E-state index is 9.65. The van der Waals surface area contributed by atoms with E-state index in [1.165, 1.54) is 0 Å². The maximum atomic E-state index is 9.65. The van der Waals surface area contributed by atoms with E-state index in [4.69, 9.17) is 11.6 Å². The molecule has 0 saturated heterocycles. The fourth-order valence-electron chi connectivity index (χ4n) is 2.70. The number of anilines is 3. The highest BCUT2D eigenvalue weighted by molar-refractivity contribution is 6.31. The number of aryl methyl sites for hydroxylation is 1. The van der Waals surface area contributed by atoms with E-state index in [9.17, 15) is 5.11 Å². The van der Waals surface area contributed by atoms with E-state index in [1.807, 2.05) is 57.2 Å². The molecule has 3 aromatic rings. The van der Waals surface area contributed by atoms with Gasteiger partial charge in [-0.3, -0.25) is 4.98 Å². The Hall–Kier alpha value is -2.70. The van der Waals surface area contributed by atoms with E-state index in [2.05, 4.69) is 25.6 Å². The van der Waals surface area contributed by atoms with Gasteiger partial charge in [0.05, 0.1) is 18.3 Å². The lowest BCUT2D eigenvalue weighted by atomic mass is 10.1. The van der Waals surface area contributed by atoms with Crippen LogP contribution in [-0.2, 0) is 0 Å². The predicted molar refractivity (Wildman–Crippen MR) is 114 cm³/mol. The van der Waals surface area contributed by atoms with Crippen LogP contribution in [0.5, 0.6) is 0 Å². The zero-order chi connectivity index (χ0) is 20.1. The largest absolute Gasteiger partial charge is 0.394 e. The topological polar surface area (TPSA) is 83.0 Å². The quantitative estimate of drug-likeness (QED) is 0.537. The van der Waals surface area contributed by atoms with Gasteiger partial charge in [0.15, 0.2) is 0 Å². The van der Waals surface area contributed by atoms with Gasteiger partial charge in [-0.2, -0.15) is 4.98 Å². The Labute approximate surface area is 170 Å². The van der Waals surface area contributed by atoms with Crippen molar-refractivity contribution in [2.75, 3.05) is 17.2 Å². The fraction of sp³-hybridized carbons (Fsp3) is 0.286. The summed E-state index contributed by atoms with van der Waals surface area (Å²) in [6.45, 7) is 6.02. The zero-order valence-electron chi connectivity index (χ0n) is 16.1. The molecule has 0 aliphatic heterocycles. The lowest BCUT2D eigenvalue weighted by Crippen LogP contribution is -2.30. The van der Waals surface area contributed by atoms with Gasteiger partial charge in [0, 0.05) is 34.7 Å². The van der Waals surface area contributed by atoms with Crippen molar-refractivity contribution >= 4 is 29.1 Å². The van der Waals surface area contributed by atoms with Gasteiger partial charge in [-0.1, -0.05) is 25.4 Å². The highest BCUT2D eigenvalue weighted by Gasteiger charge is 2.15. The smallest absolute Gasteiger partial charge is 0.225 e. The molecule has 2 aromatic heterocycles. The number of nitrogens with one attached hydrogen (secondary N) is 2. The first-order chi connectivity index (χ1) is 13.5. The van der Waals surface area contributed by atoms with Gasteiger partial charge >= 0.3 is 0 Å². The summed E-state index contributed by atoms with van der Waals surface area (Å²) in [4.78, 5) is 13.4. The van der Waals surface area contributed by atoms with Gasteiger partial charge in [-0.25, -0.2) is 4.98 Å². The summed E-state index contributed by atoms with van der Waals surface area (Å²) in [5.41, 5.74) is 3.48. The second kappa shape index (κ2) is 8.99. The molecule has 0 fully saturated rings. The molecular formula is C21H24ClN5O. The standard InChI is InChI=1S/C21H24ClN5O/c1-13(2)19(12-28)26-21-25-18(15-5-4-8-23-11-15)10-20(27-21)24-16-6-7-17(22)14(3)9-16/h4-11,13,19,28H,12H2,1-3H3,(H2,24,25,26,27)/t19-/m1/s1. The molecule has 0 unspecified atom stereocenters. The van der Waals surface area contributed by atoms with Crippen molar-refractivity contribution in [1.29, 1.82) is 0 Å². The number of nitrogens with zero attached hydrogens (tertiary/aromatic N) is 3. The van der Waals surface area contributed by atoms with Crippen LogP contribution in [0.4, 0.5) is 17.5 Å². The Morgan fingerprint density at radius 2 is 1.96 bits per heavy atom. The normalized spacial score (nSPS) is 12.1. The van der Waals surface area contributed by atoms with Crippen LogP contribution in [0.3, 0.4) is 0 Å². The average molecular weight is 398 g/mol. The monoisotopic (exact) mass is 397 g/mol. The van der Waals surface area contributed by atoms with Crippen molar-refractivity contribution in [2.24, 2.45) is 5.92 Å². The Balaban J connectivity index is 1.97. The SMILES string of the molecule is Cc1cc(Nc2cc(-c3cccnc3)nc(N[C@H](CO)C(C)C)n2)ccc1Cl. The van der Waals surface area contributed by atoms with Gasteiger partial charge in [-0.15, -0.1) is 0 Å². The molecule has 1 atom stereocenters. The molecule has 6 nitrogen and oxygen atoms in total. The third-order valence-corrected chi connectivity index (χ3v) is 4.85. The van der Waals surface area contributed by atoms with Crippen LogP contribution >= 0.6 is 11.6 Å². The third-order valence-electron chi connectivity index (χ3n) is 4.43. The van der Waals surface area contributed by atoms with E-state index in [0.717, 1.165) is 27.5 Å². The molecule has 7 heteroatoms. The molecule has 2 heterocycles. The van der Waals surface area contributed by atoms with Gasteiger partial charge in [-0.05, 0) is 48.7 Å². The molecule has 3 N–H and O–H groups in total. The summed E-state index contributed by atoms with van der Waals surface area (Å²) < 4.78 is 0. The summed E-state index contributed by atoms with van der Waals surface area (Å²) in [6, 6.07) is 11.3. The van der Waals surface area contributed by atoms with Crippen LogP contribution in [0.1, 0.15) is 19.4 Å². The lowest BCUT2D eigenvalue weighted by Gasteiger charge is -2.20. The first kappa shape index (κ1) is 20.0. The molecule has 1 aromatic carbocycles. The first-order valence-corrected chi connectivity index (χ1v) is 9.54. The fourth-order valence-corrected chi connectivity index (χ4v) is 2.81. The average Bonchev–Trinajstić information content (AvgIpc) is 2.69. The number of benzene rings is 1. The van der Waals surface area contributed by atoms with Crippen LogP contribution in [-0.4, -0.2) is 32.7 Å². The Morgan fingerprint density at radius 1 is 1.14 bits per heavy atom. The molecule has 0 bridgehead atoms. The summed E-state index contributed by atoms with van der Waals surface area (Å²) >= 11 is 6.12. The van der Waals surface area contributed by atoms with Gasteiger partial charge < -0.3 is 15.7 Å². The van der Waals surface area contributed by atoms with Gasteiger partial charge in [0.25, 0.3) is 0 Å². The number of aliphatic hydroxyl groups excluding tert-OH is 1. The van der Waals surface area contributed by atoms with Gasteiger partial charge in [0.1, 0.15) is 5.82 Å². The summed E-state index contributed by atoms with van der Waals surface area (Å²) in [5.74, 6) is 1.31. The van der Waals surface area contributed by atoms with Gasteiger partial charge in [0.2, 0.25) is 5.95 Å². The van der Waals surface area contributed by atoms with E-state index in [0.29, 0.717) is 11.8 Å². The second-order valence-electron chi connectivity index (χ2n) is 6.97. The molecule has 0 aliphatic carbocycles. The minimum absolute atomic E-state index is 0.00269. The number of rotatable bonds is 7. The summed E-state index contributed by atoms with van der Waals surface area (Å²) in [6.07, 6.45) is 3.48. The first-order valence-electron chi connectivity index (χ1n) is 9.16. The van der Waals surface area contributed by atoms with Crippen molar-refractivity contribution in [3.05, 3.63) is 59.4 Å². The lowest BCUT2D eigenvalue weighted by molar-refractivity contribution is 0.248. The minimum Gasteiger partial charge on any atom is -0.394 e. The highest BCUT2D eigenvalue weighted by atomic mass is 35.5. The van der Waals surface area contributed by atoms with Crippen LogP contribution < -0.4 is 10.6 Å². The summed E-state index contributed by atoms with van der Waals surface area (Å²) in [7, 11) is 0. The van der Waals surface area contributed by atoms with Crippen LogP contribution in [0.2, 0.25) is 5.02 Å². The zero-order valence-corrected chi connectivity index (χ0v) is 16.9. The molecule has 0 saturated carbocycles. The Morgan fingerprint density at radius 3 is 2.61 bits per heavy atom. The number of hydrogen-bond donors (Lipinski definition) is 3. The van der Waals surface area contributed by atoms with Crippen LogP contribution in [0, 0.1) is 12.8 Å². The molecule has 0 amide bonds. The van der Waals surface area contributed by atoms with Crippen LogP contribution in [0.25, 0.3) is 11.3 Å². The van der Waals surface area contributed by atoms with E-state index in [-0.39, 0.29) is 18.6 Å². The molecule has 0 spiro atoms. The number of aromatic nitrogens is 3. The highest BCUT2D eigenvalue weighted by Crippen LogP contribution is 2.26. The minimum atomic E-state index is -0.144. The number of pyridine rings is 1. The van der Waals surface area contributed by atoms with E-state index in [1.54, 1.807) is 12.4 Å². The van der Waals surface area contributed by atoms with Crippen molar-refractivity contribution < 1.29 is 5.11 Å². The molecule has 0 radical (unpaired) electrons.